The second kappa shape index (κ2) is 10.2. The molecule has 0 radical (unpaired) electrons. The molecule has 0 N–H and O–H groups in total. The summed E-state index contributed by atoms with van der Waals surface area (Å²) in [4.78, 5) is 25.6. The molecule has 3 aromatic heterocycles. The summed E-state index contributed by atoms with van der Waals surface area (Å²) in [5.41, 5.74) is 6.72. The Hall–Kier alpha value is -3.26. The number of fused-ring (bicyclic) bond motifs is 2. The van der Waals surface area contributed by atoms with Crippen LogP contribution in [0.3, 0.4) is 0 Å². The van der Waals surface area contributed by atoms with E-state index in [9.17, 15) is 9.90 Å². The molecule has 0 aliphatic carbocycles. The van der Waals surface area contributed by atoms with Gasteiger partial charge in [-0.15, -0.1) is 0 Å². The fraction of sp³-hybridized carbons (Fsp3) is 0.185. The Morgan fingerprint density at radius 3 is 2.57 bits per heavy atom. The summed E-state index contributed by atoms with van der Waals surface area (Å²) in [6.45, 7) is 7.00. The Kier molecular flexibility index (Phi) is 7.21. The van der Waals surface area contributed by atoms with Crippen LogP contribution in [0, 0.1) is 13.8 Å². The van der Waals surface area contributed by atoms with Crippen LogP contribution < -0.4 is 39.4 Å². The largest absolute Gasteiger partial charge is 1.00 e. The van der Waals surface area contributed by atoms with Crippen LogP contribution in [0.4, 0.5) is 0 Å². The van der Waals surface area contributed by atoms with Gasteiger partial charge in [0.15, 0.2) is 5.65 Å². The number of ether oxygens (including phenoxy) is 1. The molecule has 5 rings (SSSR count). The van der Waals surface area contributed by atoms with E-state index in [1.165, 1.54) is 6.07 Å². The third-order valence-corrected chi connectivity index (χ3v) is 5.78. The fourth-order valence-electron chi connectivity index (χ4n) is 4.26. The van der Waals surface area contributed by atoms with Gasteiger partial charge in [-0.2, -0.15) is 4.98 Å². The number of aryl methyl sites for hydroxylation is 2. The molecule has 7 nitrogen and oxygen atoms in total. The average Bonchev–Trinajstić information content (AvgIpc) is 3.16. The summed E-state index contributed by atoms with van der Waals surface area (Å²) in [5.74, 6) is -1.22. The van der Waals surface area contributed by atoms with Crippen molar-refractivity contribution in [3.63, 3.8) is 0 Å². The van der Waals surface area contributed by atoms with E-state index in [4.69, 9.17) is 14.7 Å². The molecule has 2 aromatic carbocycles. The number of rotatable bonds is 6. The van der Waals surface area contributed by atoms with Crippen LogP contribution in [0.5, 0.6) is 6.01 Å². The van der Waals surface area contributed by atoms with Crippen LogP contribution >= 0.6 is 0 Å². The molecular formula is C27H23N4NaO3. The van der Waals surface area contributed by atoms with E-state index in [0.717, 1.165) is 38.9 Å². The molecule has 5 aromatic rings. The average molecular weight is 474 g/mol. The van der Waals surface area contributed by atoms with Crippen LogP contribution in [0.15, 0.2) is 60.7 Å². The molecule has 0 spiro atoms. The van der Waals surface area contributed by atoms with Crippen LogP contribution in [-0.4, -0.2) is 32.1 Å². The van der Waals surface area contributed by atoms with Crippen LogP contribution in [0.2, 0.25) is 0 Å². The van der Waals surface area contributed by atoms with Crippen molar-refractivity contribution in [2.45, 2.75) is 27.3 Å². The van der Waals surface area contributed by atoms with Gasteiger partial charge < -0.3 is 14.6 Å². The Morgan fingerprint density at radius 2 is 1.80 bits per heavy atom. The number of carbonyl (C=O) groups excluding carboxylic acids is 1. The molecule has 0 fully saturated rings. The van der Waals surface area contributed by atoms with Gasteiger partial charge in [-0.1, -0.05) is 36.4 Å². The molecule has 0 atom stereocenters. The second-order valence-corrected chi connectivity index (χ2v) is 8.22. The molecule has 3 heterocycles. The van der Waals surface area contributed by atoms with Crippen molar-refractivity contribution < 1.29 is 44.2 Å². The minimum absolute atomic E-state index is 0. The van der Waals surface area contributed by atoms with Crippen LogP contribution in [-0.2, 0) is 6.54 Å². The number of carboxylic acids is 1. The Bertz CT molecular complexity index is 1560. The van der Waals surface area contributed by atoms with Gasteiger partial charge in [0.25, 0.3) is 6.01 Å². The Labute approximate surface area is 225 Å². The smallest absolute Gasteiger partial charge is 0.545 e. The summed E-state index contributed by atoms with van der Waals surface area (Å²) in [6.07, 6.45) is 0. The first-order valence-corrected chi connectivity index (χ1v) is 11.1. The van der Waals surface area contributed by atoms with Crippen molar-refractivity contribution in [1.29, 1.82) is 0 Å². The Morgan fingerprint density at radius 1 is 1.00 bits per heavy atom. The van der Waals surface area contributed by atoms with Gasteiger partial charge in [0, 0.05) is 22.2 Å². The predicted molar refractivity (Wildman–Crippen MR) is 129 cm³/mol. The molecular weight excluding hydrogens is 451 g/mol. The van der Waals surface area contributed by atoms with E-state index in [0.29, 0.717) is 30.4 Å². The Balaban J connectivity index is 0.00000289. The van der Waals surface area contributed by atoms with E-state index in [-0.39, 0.29) is 35.1 Å². The summed E-state index contributed by atoms with van der Waals surface area (Å²) < 4.78 is 7.82. The molecule has 0 saturated carbocycles. The second-order valence-electron chi connectivity index (χ2n) is 8.22. The maximum atomic E-state index is 11.5. The quantitative estimate of drug-likeness (QED) is 0.342. The van der Waals surface area contributed by atoms with Crippen LogP contribution in [0.1, 0.15) is 34.1 Å². The van der Waals surface area contributed by atoms with Gasteiger partial charge in [-0.3, -0.25) is 4.57 Å². The predicted octanol–water partition coefficient (Wildman–Crippen LogP) is 1.08. The SMILES string of the molecule is CCOc1nc2c(C)cc(C)nc2n1Cc1ccc2nc(-c3ccccc3C(=O)[O-])ccc2c1.[Na+]. The zero-order chi connectivity index (χ0) is 23.8. The number of aromatic nitrogens is 4. The van der Waals surface area contributed by atoms with E-state index < -0.39 is 5.97 Å². The number of imidazole rings is 1. The van der Waals surface area contributed by atoms with Crippen LogP contribution in [0.25, 0.3) is 33.3 Å². The summed E-state index contributed by atoms with van der Waals surface area (Å²) in [6, 6.07) is 19.1. The van der Waals surface area contributed by atoms with E-state index in [2.05, 4.69) is 11.1 Å². The molecule has 0 bridgehead atoms. The number of hydrogen-bond donors (Lipinski definition) is 0. The van der Waals surface area contributed by atoms with Crippen molar-refractivity contribution in [3.8, 4) is 17.3 Å². The zero-order valence-electron chi connectivity index (χ0n) is 20.2. The molecule has 0 aliphatic rings. The number of hydrogen-bond acceptors (Lipinski definition) is 6. The first-order chi connectivity index (χ1) is 16.4. The summed E-state index contributed by atoms with van der Waals surface area (Å²) >= 11 is 0. The van der Waals surface area contributed by atoms with E-state index in [1.54, 1.807) is 18.2 Å². The molecule has 170 valence electrons. The number of benzene rings is 2. The van der Waals surface area contributed by atoms with E-state index >= 15 is 0 Å². The molecule has 0 amide bonds. The molecule has 35 heavy (non-hydrogen) atoms. The third kappa shape index (κ3) is 4.80. The van der Waals surface area contributed by atoms with Crippen molar-refractivity contribution in [3.05, 3.63) is 83.0 Å². The minimum Gasteiger partial charge on any atom is -0.545 e. The molecule has 8 heteroatoms. The first-order valence-electron chi connectivity index (χ1n) is 11.1. The monoisotopic (exact) mass is 474 g/mol. The first kappa shape index (κ1) is 24.9. The number of carbonyl (C=O) groups is 1. The van der Waals surface area contributed by atoms with Crippen molar-refractivity contribution in [2.75, 3.05) is 6.61 Å². The van der Waals surface area contributed by atoms with Gasteiger partial charge in [0.2, 0.25) is 0 Å². The third-order valence-electron chi connectivity index (χ3n) is 5.78. The molecule has 0 aliphatic heterocycles. The maximum absolute atomic E-state index is 11.5. The minimum atomic E-state index is -1.22. The number of pyridine rings is 2. The fourth-order valence-corrected chi connectivity index (χ4v) is 4.26. The summed E-state index contributed by atoms with van der Waals surface area (Å²) in [7, 11) is 0. The van der Waals surface area contributed by atoms with Crippen molar-refractivity contribution >= 4 is 28.0 Å². The molecule has 0 saturated heterocycles. The van der Waals surface area contributed by atoms with Gasteiger partial charge in [0.1, 0.15) is 5.52 Å². The van der Waals surface area contributed by atoms with Gasteiger partial charge in [-0.25, -0.2) is 9.97 Å². The number of nitrogens with zero attached hydrogens (tertiary/aromatic N) is 4. The number of carboxylic acid groups (broad SMARTS) is 1. The molecule has 0 unspecified atom stereocenters. The topological polar surface area (TPSA) is 93.0 Å². The normalized spacial score (nSPS) is 10.9. The van der Waals surface area contributed by atoms with Gasteiger partial charge in [0.05, 0.1) is 30.3 Å². The standard InChI is InChI=1S/C27H24N4O3.Na/c1-4-34-27-30-24-16(2)13-17(3)28-25(24)31(27)15-18-9-11-22-19(14-18)10-12-23(29-22)20-7-5-6-8-21(20)26(32)33;/h5-14H,4,15H2,1-3H3,(H,32,33);/q;+1/p-1. The van der Waals surface area contributed by atoms with Gasteiger partial charge in [-0.05, 0) is 56.2 Å². The maximum Gasteiger partial charge on any atom is 1.00 e. The van der Waals surface area contributed by atoms with Crippen molar-refractivity contribution in [1.82, 2.24) is 19.5 Å². The summed E-state index contributed by atoms with van der Waals surface area (Å²) in [5, 5.41) is 12.5. The zero-order valence-corrected chi connectivity index (χ0v) is 22.2. The van der Waals surface area contributed by atoms with Crippen molar-refractivity contribution in [2.24, 2.45) is 0 Å². The van der Waals surface area contributed by atoms with E-state index in [1.807, 2.05) is 55.7 Å². The number of aromatic carboxylic acids is 1. The van der Waals surface area contributed by atoms with Gasteiger partial charge >= 0.3 is 29.6 Å².